The van der Waals surface area contributed by atoms with Gasteiger partial charge in [-0.3, -0.25) is 9.59 Å². The third kappa shape index (κ3) is 5.41. The molecule has 2 heterocycles. The van der Waals surface area contributed by atoms with Gasteiger partial charge in [0.05, 0.1) is 13.0 Å². The van der Waals surface area contributed by atoms with Crippen molar-refractivity contribution in [3.05, 3.63) is 78.4 Å². The number of hydrogen-bond acceptors (Lipinski definition) is 8. The summed E-state index contributed by atoms with van der Waals surface area (Å²) in [5, 5.41) is 11.0. The summed E-state index contributed by atoms with van der Waals surface area (Å²) >= 11 is 0. The highest BCUT2D eigenvalue weighted by Gasteiger charge is 2.25. The van der Waals surface area contributed by atoms with E-state index in [1.807, 2.05) is 54.6 Å². The van der Waals surface area contributed by atoms with Crippen molar-refractivity contribution in [3.63, 3.8) is 0 Å². The maximum absolute atomic E-state index is 13.0. The van der Waals surface area contributed by atoms with E-state index in [4.69, 9.17) is 13.9 Å². The molecule has 1 N–H and O–H groups in total. The van der Waals surface area contributed by atoms with Crippen molar-refractivity contribution in [1.82, 2.24) is 20.5 Å². The highest BCUT2D eigenvalue weighted by atomic mass is 16.6. The van der Waals surface area contributed by atoms with Crippen LogP contribution in [-0.4, -0.2) is 34.2 Å². The highest BCUT2D eigenvalue weighted by molar-refractivity contribution is 5.96. The fourth-order valence-corrected chi connectivity index (χ4v) is 3.36. The molecule has 9 nitrogen and oxygen atoms in total. The van der Waals surface area contributed by atoms with Crippen LogP contribution in [0.2, 0.25) is 0 Å². The molecule has 36 heavy (non-hydrogen) atoms. The lowest BCUT2D eigenvalue weighted by Crippen LogP contribution is -2.29. The number of nitrogens with one attached hydrogen (secondary N) is 1. The van der Waals surface area contributed by atoms with Crippen molar-refractivity contribution in [1.29, 1.82) is 0 Å². The fourth-order valence-electron chi connectivity index (χ4n) is 3.36. The quantitative estimate of drug-likeness (QED) is 0.351. The van der Waals surface area contributed by atoms with Crippen LogP contribution in [0.3, 0.4) is 0 Å². The van der Waals surface area contributed by atoms with Crippen molar-refractivity contribution < 1.29 is 23.5 Å². The average Bonchev–Trinajstić information content (AvgIpc) is 3.40. The number of nitrogens with zero attached hydrogens (tertiary/aromatic N) is 3. The Balaban J connectivity index is 1.49. The number of aromatic nitrogens is 3. The van der Waals surface area contributed by atoms with Crippen LogP contribution >= 0.6 is 0 Å². The highest BCUT2D eigenvalue weighted by Crippen LogP contribution is 2.31. The standard InChI is InChI=1S/C27H26N4O5/c1-16(2)27(33)35-23-21(34-4)14-15-28-22(23)24(32)29-17(3)25-30-31-26(36-25)20-12-10-19(11-13-20)18-8-6-5-7-9-18/h5-17H,1-4H3,(H,29,32)/t17-/m0/s1. The van der Waals surface area contributed by atoms with Crippen LogP contribution in [0.25, 0.3) is 22.6 Å². The number of carbonyl (C=O) groups is 2. The topological polar surface area (TPSA) is 116 Å². The Labute approximate surface area is 208 Å². The fraction of sp³-hybridized carbons (Fsp3) is 0.222. The molecule has 1 atom stereocenters. The lowest BCUT2D eigenvalue weighted by Gasteiger charge is -2.15. The van der Waals surface area contributed by atoms with Gasteiger partial charge in [-0.25, -0.2) is 4.98 Å². The van der Waals surface area contributed by atoms with E-state index in [1.165, 1.54) is 19.4 Å². The smallest absolute Gasteiger partial charge is 0.313 e. The minimum absolute atomic E-state index is 0.0480. The summed E-state index contributed by atoms with van der Waals surface area (Å²) in [7, 11) is 1.42. The molecule has 0 saturated heterocycles. The van der Waals surface area contributed by atoms with Crippen molar-refractivity contribution in [3.8, 4) is 34.1 Å². The molecule has 184 valence electrons. The maximum Gasteiger partial charge on any atom is 0.313 e. The molecule has 0 saturated carbocycles. The summed E-state index contributed by atoms with van der Waals surface area (Å²) in [5.74, 6) is -0.777. The van der Waals surface area contributed by atoms with E-state index >= 15 is 0 Å². The summed E-state index contributed by atoms with van der Waals surface area (Å²) in [6.07, 6.45) is 1.40. The van der Waals surface area contributed by atoms with Crippen LogP contribution in [-0.2, 0) is 4.79 Å². The van der Waals surface area contributed by atoms with Gasteiger partial charge in [0.15, 0.2) is 11.4 Å². The summed E-state index contributed by atoms with van der Waals surface area (Å²) in [6.45, 7) is 5.08. The van der Waals surface area contributed by atoms with Gasteiger partial charge in [0.2, 0.25) is 17.5 Å². The molecule has 2 aromatic heterocycles. The zero-order valence-electron chi connectivity index (χ0n) is 20.4. The molecule has 4 aromatic rings. The minimum atomic E-state index is -0.635. The van der Waals surface area contributed by atoms with Gasteiger partial charge in [0, 0.05) is 17.8 Å². The molecule has 0 spiro atoms. The maximum atomic E-state index is 13.0. The van der Waals surface area contributed by atoms with E-state index in [9.17, 15) is 9.59 Å². The zero-order chi connectivity index (χ0) is 25.7. The molecule has 0 aliphatic heterocycles. The van der Waals surface area contributed by atoms with E-state index in [0.29, 0.717) is 5.89 Å². The molecule has 0 bridgehead atoms. The first-order chi connectivity index (χ1) is 17.4. The normalized spacial score (nSPS) is 11.7. The summed E-state index contributed by atoms with van der Waals surface area (Å²) in [5.41, 5.74) is 2.84. The minimum Gasteiger partial charge on any atom is -0.493 e. The number of ether oxygens (including phenoxy) is 2. The average molecular weight is 487 g/mol. The van der Waals surface area contributed by atoms with E-state index in [0.717, 1.165) is 16.7 Å². The molecule has 4 rings (SSSR count). The predicted molar refractivity (Wildman–Crippen MR) is 132 cm³/mol. The first-order valence-electron chi connectivity index (χ1n) is 11.4. The van der Waals surface area contributed by atoms with Gasteiger partial charge in [-0.1, -0.05) is 56.3 Å². The number of carbonyl (C=O) groups excluding carboxylic acids is 2. The number of rotatable bonds is 8. The van der Waals surface area contributed by atoms with Crippen LogP contribution < -0.4 is 14.8 Å². The second kappa shape index (κ2) is 10.8. The molecular weight excluding hydrogens is 460 g/mol. The van der Waals surface area contributed by atoms with Gasteiger partial charge in [0.25, 0.3) is 5.91 Å². The SMILES string of the molecule is COc1ccnc(C(=O)N[C@@H](C)c2nnc(-c3ccc(-c4ccccc4)cc3)o2)c1OC(=O)C(C)C. The van der Waals surface area contributed by atoms with Gasteiger partial charge in [-0.05, 0) is 30.2 Å². The molecule has 0 aliphatic carbocycles. The van der Waals surface area contributed by atoms with Crippen molar-refractivity contribution in [2.24, 2.45) is 5.92 Å². The number of amides is 1. The Morgan fingerprint density at radius 1 is 0.889 bits per heavy atom. The van der Waals surface area contributed by atoms with Gasteiger partial charge in [-0.15, -0.1) is 10.2 Å². The van der Waals surface area contributed by atoms with Crippen LogP contribution in [0.1, 0.15) is 43.2 Å². The van der Waals surface area contributed by atoms with Gasteiger partial charge in [-0.2, -0.15) is 0 Å². The van der Waals surface area contributed by atoms with Gasteiger partial charge < -0.3 is 19.2 Å². The Hall–Kier alpha value is -4.53. The lowest BCUT2D eigenvalue weighted by molar-refractivity contribution is -0.137. The van der Waals surface area contributed by atoms with Crippen LogP contribution in [0.15, 0.2) is 71.3 Å². The van der Waals surface area contributed by atoms with Gasteiger partial charge >= 0.3 is 5.97 Å². The molecule has 1 amide bonds. The Kier molecular flexibility index (Phi) is 7.39. The number of benzene rings is 2. The van der Waals surface area contributed by atoms with E-state index < -0.39 is 23.8 Å². The zero-order valence-corrected chi connectivity index (χ0v) is 20.4. The third-order valence-electron chi connectivity index (χ3n) is 5.38. The first-order valence-corrected chi connectivity index (χ1v) is 11.4. The van der Waals surface area contributed by atoms with Crippen molar-refractivity contribution >= 4 is 11.9 Å². The monoisotopic (exact) mass is 486 g/mol. The Bertz CT molecular complexity index is 1350. The summed E-state index contributed by atoms with van der Waals surface area (Å²) in [4.78, 5) is 29.3. The summed E-state index contributed by atoms with van der Waals surface area (Å²) in [6, 6.07) is 18.7. The largest absolute Gasteiger partial charge is 0.493 e. The molecule has 0 aliphatic rings. The van der Waals surface area contributed by atoms with E-state index in [-0.39, 0.29) is 23.1 Å². The third-order valence-corrected chi connectivity index (χ3v) is 5.38. The molecular formula is C27H26N4O5. The Morgan fingerprint density at radius 3 is 2.22 bits per heavy atom. The lowest BCUT2D eigenvalue weighted by atomic mass is 10.0. The second-order valence-corrected chi connectivity index (χ2v) is 8.35. The molecule has 0 fully saturated rings. The van der Waals surface area contributed by atoms with E-state index in [1.54, 1.807) is 20.8 Å². The van der Waals surface area contributed by atoms with E-state index in [2.05, 4.69) is 20.5 Å². The summed E-state index contributed by atoms with van der Waals surface area (Å²) < 4.78 is 16.5. The molecule has 0 unspecified atom stereocenters. The number of esters is 1. The van der Waals surface area contributed by atoms with Crippen LogP contribution in [0, 0.1) is 5.92 Å². The van der Waals surface area contributed by atoms with Crippen molar-refractivity contribution in [2.75, 3.05) is 7.11 Å². The Morgan fingerprint density at radius 2 is 1.56 bits per heavy atom. The van der Waals surface area contributed by atoms with Crippen LogP contribution in [0.5, 0.6) is 11.5 Å². The molecule has 2 aromatic carbocycles. The van der Waals surface area contributed by atoms with Crippen molar-refractivity contribution in [2.45, 2.75) is 26.8 Å². The predicted octanol–water partition coefficient (Wildman–Crippen LogP) is 4.86. The van der Waals surface area contributed by atoms with Crippen LogP contribution in [0.4, 0.5) is 0 Å². The first kappa shape index (κ1) is 24.6. The number of hydrogen-bond donors (Lipinski definition) is 1. The molecule has 9 heteroatoms. The number of pyridine rings is 1. The molecule has 0 radical (unpaired) electrons. The van der Waals surface area contributed by atoms with Gasteiger partial charge in [0.1, 0.15) is 6.04 Å². The second-order valence-electron chi connectivity index (χ2n) is 8.35. The number of methoxy groups -OCH3 is 1.